The lowest BCUT2D eigenvalue weighted by Crippen LogP contribution is -2.30. The molecule has 0 aliphatic rings. The van der Waals surface area contributed by atoms with Crippen molar-refractivity contribution in [2.45, 2.75) is 110 Å². The van der Waals surface area contributed by atoms with Crippen molar-refractivity contribution in [3.05, 3.63) is 11.8 Å². The summed E-state index contributed by atoms with van der Waals surface area (Å²) in [5, 5.41) is 10.3. The minimum atomic E-state index is -0.147. The van der Waals surface area contributed by atoms with Crippen LogP contribution < -0.4 is 10.6 Å². The second kappa shape index (κ2) is 13.6. The molecule has 5 heteroatoms. The molecule has 0 bridgehead atoms. The van der Waals surface area contributed by atoms with Crippen LogP contribution in [-0.4, -0.2) is 22.4 Å². The van der Waals surface area contributed by atoms with Crippen molar-refractivity contribution < 1.29 is 4.79 Å². The van der Waals surface area contributed by atoms with E-state index >= 15 is 0 Å². The smallest absolute Gasteiger partial charge is 0.320 e. The largest absolute Gasteiger partial charge is 0.338 e. The Morgan fingerprint density at radius 1 is 0.929 bits per heavy atom. The maximum absolute atomic E-state index is 12.1. The lowest BCUT2D eigenvalue weighted by atomic mass is 9.92. The summed E-state index contributed by atoms with van der Waals surface area (Å²) in [6.07, 6.45) is 15.9. The van der Waals surface area contributed by atoms with Gasteiger partial charge in [-0.05, 0) is 6.42 Å². The third kappa shape index (κ3) is 10.7. The lowest BCUT2D eigenvalue weighted by molar-refractivity contribution is 0.251. The van der Waals surface area contributed by atoms with Gasteiger partial charge in [0.1, 0.15) is 5.82 Å². The second-order valence-corrected chi connectivity index (χ2v) is 9.06. The quantitative estimate of drug-likeness (QED) is 0.353. The van der Waals surface area contributed by atoms with Crippen LogP contribution in [0, 0.1) is 0 Å². The molecule has 2 amide bonds. The third-order valence-corrected chi connectivity index (χ3v) is 5.21. The number of urea groups is 1. The number of rotatable bonds is 14. The van der Waals surface area contributed by atoms with E-state index in [1.807, 2.05) is 13.1 Å². The van der Waals surface area contributed by atoms with Crippen molar-refractivity contribution in [2.24, 2.45) is 7.05 Å². The van der Waals surface area contributed by atoms with Crippen LogP contribution in [0.3, 0.4) is 0 Å². The van der Waals surface area contributed by atoms with Crippen LogP contribution in [0.15, 0.2) is 6.07 Å². The molecule has 1 rings (SSSR count). The summed E-state index contributed by atoms with van der Waals surface area (Å²) in [7, 11) is 1.86. The number of amides is 2. The van der Waals surface area contributed by atoms with Crippen molar-refractivity contribution in [1.82, 2.24) is 15.1 Å². The molecular weight excluding hydrogens is 348 g/mol. The van der Waals surface area contributed by atoms with Crippen LogP contribution in [0.1, 0.15) is 110 Å². The molecule has 1 heterocycles. The normalized spacial score (nSPS) is 11.6. The van der Waals surface area contributed by atoms with E-state index in [1.165, 1.54) is 70.6 Å². The molecule has 0 saturated heterocycles. The van der Waals surface area contributed by atoms with Crippen molar-refractivity contribution in [3.63, 3.8) is 0 Å². The maximum atomic E-state index is 12.1. The van der Waals surface area contributed by atoms with E-state index in [2.05, 4.69) is 43.4 Å². The number of carbonyl (C=O) groups excluding carboxylic acids is 1. The lowest BCUT2D eigenvalue weighted by Gasteiger charge is -2.13. The summed E-state index contributed by atoms with van der Waals surface area (Å²) in [6.45, 7) is 9.35. The van der Waals surface area contributed by atoms with Gasteiger partial charge < -0.3 is 5.32 Å². The van der Waals surface area contributed by atoms with Crippen LogP contribution in [0.5, 0.6) is 0 Å². The number of unbranched alkanes of at least 4 members (excludes halogenated alkanes) is 11. The number of aryl methyl sites for hydroxylation is 1. The summed E-state index contributed by atoms with van der Waals surface area (Å²) in [4.78, 5) is 12.1. The van der Waals surface area contributed by atoms with E-state index in [9.17, 15) is 4.79 Å². The highest BCUT2D eigenvalue weighted by Crippen LogP contribution is 2.23. The van der Waals surface area contributed by atoms with Crippen LogP contribution in [0.2, 0.25) is 0 Å². The molecule has 0 fully saturated rings. The molecule has 162 valence electrons. The van der Waals surface area contributed by atoms with Crippen LogP contribution in [0.25, 0.3) is 0 Å². The predicted molar refractivity (Wildman–Crippen MR) is 120 cm³/mol. The SMILES string of the molecule is CCCCCCCCCCCCCCNC(=O)Nc1cc(C(C)(C)C)nn1C. The van der Waals surface area contributed by atoms with E-state index in [-0.39, 0.29) is 11.4 Å². The van der Waals surface area contributed by atoms with Gasteiger partial charge in [-0.2, -0.15) is 5.10 Å². The average Bonchev–Trinajstić information content (AvgIpc) is 3.00. The fourth-order valence-electron chi connectivity index (χ4n) is 3.28. The van der Waals surface area contributed by atoms with Gasteiger partial charge in [-0.1, -0.05) is 98.3 Å². The molecule has 0 aromatic carbocycles. The Morgan fingerprint density at radius 2 is 1.43 bits per heavy atom. The highest BCUT2D eigenvalue weighted by atomic mass is 16.2. The maximum Gasteiger partial charge on any atom is 0.320 e. The topological polar surface area (TPSA) is 59.0 Å². The van der Waals surface area contributed by atoms with Crippen LogP contribution in [0.4, 0.5) is 10.6 Å². The zero-order valence-corrected chi connectivity index (χ0v) is 19.1. The fourth-order valence-corrected chi connectivity index (χ4v) is 3.28. The molecule has 0 unspecified atom stereocenters. The van der Waals surface area contributed by atoms with Crippen molar-refractivity contribution in [2.75, 3.05) is 11.9 Å². The minimum Gasteiger partial charge on any atom is -0.338 e. The van der Waals surface area contributed by atoms with E-state index < -0.39 is 0 Å². The average molecular weight is 393 g/mol. The third-order valence-electron chi connectivity index (χ3n) is 5.21. The van der Waals surface area contributed by atoms with Crippen molar-refractivity contribution in [1.29, 1.82) is 0 Å². The fraction of sp³-hybridized carbons (Fsp3) is 0.826. The van der Waals surface area contributed by atoms with Gasteiger partial charge >= 0.3 is 6.03 Å². The Balaban J connectivity index is 2.01. The molecule has 0 radical (unpaired) electrons. The van der Waals surface area contributed by atoms with Gasteiger partial charge in [0.25, 0.3) is 0 Å². The molecule has 1 aromatic rings. The predicted octanol–water partition coefficient (Wildman–Crippen LogP) is 6.54. The summed E-state index contributed by atoms with van der Waals surface area (Å²) >= 11 is 0. The molecule has 5 nitrogen and oxygen atoms in total. The molecular formula is C23H44N4O. The molecule has 1 aromatic heterocycles. The summed E-state index contributed by atoms with van der Waals surface area (Å²) in [5.41, 5.74) is 0.953. The van der Waals surface area contributed by atoms with Gasteiger partial charge in [0.15, 0.2) is 0 Å². The minimum absolute atomic E-state index is 0.0246. The zero-order chi connectivity index (χ0) is 20.8. The Bertz CT molecular complexity index is 545. The molecule has 0 spiro atoms. The van der Waals surface area contributed by atoms with Crippen molar-refractivity contribution >= 4 is 11.8 Å². The van der Waals surface area contributed by atoms with E-state index in [0.717, 1.165) is 24.5 Å². The highest BCUT2D eigenvalue weighted by Gasteiger charge is 2.19. The van der Waals surface area contributed by atoms with Gasteiger partial charge in [-0.25, -0.2) is 4.79 Å². The molecule has 0 atom stereocenters. The molecule has 0 aliphatic carbocycles. The monoisotopic (exact) mass is 392 g/mol. The number of aromatic nitrogens is 2. The number of anilines is 1. The molecule has 28 heavy (non-hydrogen) atoms. The first kappa shape index (κ1) is 24.5. The van der Waals surface area contributed by atoms with Crippen molar-refractivity contribution in [3.8, 4) is 0 Å². The van der Waals surface area contributed by atoms with E-state index in [4.69, 9.17) is 0 Å². The van der Waals surface area contributed by atoms with Gasteiger partial charge in [-0.3, -0.25) is 10.00 Å². The Hall–Kier alpha value is -1.52. The number of nitrogens with one attached hydrogen (secondary N) is 2. The van der Waals surface area contributed by atoms with Crippen LogP contribution in [-0.2, 0) is 12.5 Å². The summed E-state index contributed by atoms with van der Waals surface area (Å²) in [5.74, 6) is 0.733. The first-order valence-corrected chi connectivity index (χ1v) is 11.4. The van der Waals surface area contributed by atoms with Gasteiger partial charge in [0.05, 0.1) is 5.69 Å². The van der Waals surface area contributed by atoms with E-state index in [1.54, 1.807) is 4.68 Å². The standard InChI is InChI=1S/C23H44N4O/c1-6-7-8-9-10-11-12-13-14-15-16-17-18-24-22(28)25-21-19-20(23(2,3)4)26-27(21)5/h19H,6-18H2,1-5H3,(H2,24,25,28). The Morgan fingerprint density at radius 3 is 1.89 bits per heavy atom. The first-order chi connectivity index (χ1) is 13.3. The Kier molecular flexibility index (Phi) is 11.9. The number of carbonyl (C=O) groups is 1. The zero-order valence-electron chi connectivity index (χ0n) is 19.1. The molecule has 0 saturated carbocycles. The highest BCUT2D eigenvalue weighted by molar-refractivity contribution is 5.88. The summed E-state index contributed by atoms with van der Waals surface area (Å²) < 4.78 is 1.73. The number of hydrogen-bond donors (Lipinski definition) is 2. The summed E-state index contributed by atoms with van der Waals surface area (Å²) in [6, 6.07) is 1.80. The number of nitrogens with zero attached hydrogens (tertiary/aromatic N) is 2. The second-order valence-electron chi connectivity index (χ2n) is 9.06. The Labute approximate surface area is 173 Å². The molecule has 2 N–H and O–H groups in total. The van der Waals surface area contributed by atoms with Gasteiger partial charge in [0.2, 0.25) is 0 Å². The van der Waals surface area contributed by atoms with Crippen LogP contribution >= 0.6 is 0 Å². The molecule has 0 aliphatic heterocycles. The number of hydrogen-bond acceptors (Lipinski definition) is 2. The van der Waals surface area contributed by atoms with E-state index in [0.29, 0.717) is 0 Å². The van der Waals surface area contributed by atoms with Gasteiger partial charge in [-0.15, -0.1) is 0 Å². The van der Waals surface area contributed by atoms with Gasteiger partial charge in [0, 0.05) is 25.1 Å². The first-order valence-electron chi connectivity index (χ1n) is 11.4.